The second kappa shape index (κ2) is 5.23. The van der Waals surface area contributed by atoms with Crippen molar-refractivity contribution in [2.24, 2.45) is 5.73 Å². The minimum Gasteiger partial charge on any atom is -0.493 e. The van der Waals surface area contributed by atoms with Gasteiger partial charge in [-0.1, -0.05) is 15.9 Å². The first-order valence-electron chi connectivity index (χ1n) is 6.25. The van der Waals surface area contributed by atoms with Crippen LogP contribution in [-0.2, 0) is 12.8 Å². The highest BCUT2D eigenvalue weighted by molar-refractivity contribution is 9.10. The van der Waals surface area contributed by atoms with Gasteiger partial charge in [0.2, 0.25) is 0 Å². The smallest absolute Gasteiger partial charge is 0.125 e. The van der Waals surface area contributed by atoms with E-state index in [0.717, 1.165) is 40.4 Å². The molecule has 0 spiro atoms. The predicted octanol–water partition coefficient (Wildman–Crippen LogP) is 3.39. The molecule has 0 bridgehead atoms. The van der Waals surface area contributed by atoms with Crippen LogP contribution >= 0.6 is 27.3 Å². The maximum Gasteiger partial charge on any atom is 0.125 e. The Morgan fingerprint density at radius 2 is 2.37 bits per heavy atom. The number of ether oxygens (including phenoxy) is 1. The number of nitrogens with zero attached hydrogens (tertiary/aromatic N) is 1. The molecule has 1 aliphatic rings. The molecule has 1 aromatic carbocycles. The van der Waals surface area contributed by atoms with Crippen molar-refractivity contribution in [3.63, 3.8) is 0 Å². The minimum atomic E-state index is -0.0763. The summed E-state index contributed by atoms with van der Waals surface area (Å²) in [5, 5.41) is 3.10. The quantitative estimate of drug-likeness (QED) is 0.932. The molecule has 1 unspecified atom stereocenters. The molecule has 2 heterocycles. The molecule has 0 saturated heterocycles. The Labute approximate surface area is 124 Å². The largest absolute Gasteiger partial charge is 0.493 e. The number of nitrogens with two attached hydrogens (primary N) is 1. The molecule has 1 aliphatic heterocycles. The Kier molecular flexibility index (Phi) is 3.60. The zero-order chi connectivity index (χ0) is 13.4. The molecule has 100 valence electrons. The summed E-state index contributed by atoms with van der Waals surface area (Å²) >= 11 is 5.20. The lowest BCUT2D eigenvalue weighted by Crippen LogP contribution is -2.14. The maximum atomic E-state index is 6.26. The minimum absolute atomic E-state index is 0.0763. The average Bonchev–Trinajstić information content (AvgIpc) is 2.97. The third-order valence-corrected chi connectivity index (χ3v) is 4.53. The van der Waals surface area contributed by atoms with E-state index in [-0.39, 0.29) is 6.04 Å². The Hall–Kier alpha value is -0.910. The summed E-state index contributed by atoms with van der Waals surface area (Å²) in [6.45, 7) is 2.77. The summed E-state index contributed by atoms with van der Waals surface area (Å²) in [4.78, 5) is 4.46. The summed E-state index contributed by atoms with van der Waals surface area (Å²) in [5.41, 5.74) is 9.66. The van der Waals surface area contributed by atoms with E-state index in [1.165, 1.54) is 11.1 Å². The van der Waals surface area contributed by atoms with Gasteiger partial charge in [-0.05, 0) is 36.6 Å². The van der Waals surface area contributed by atoms with Crippen LogP contribution in [0.3, 0.4) is 0 Å². The summed E-state index contributed by atoms with van der Waals surface area (Å²) in [6, 6.07) is 4.15. The van der Waals surface area contributed by atoms with Crippen molar-refractivity contribution in [1.82, 2.24) is 4.98 Å². The predicted molar refractivity (Wildman–Crippen MR) is 80.8 cm³/mol. The molecular weight excluding hydrogens is 324 g/mol. The fourth-order valence-electron chi connectivity index (χ4n) is 2.39. The van der Waals surface area contributed by atoms with Gasteiger partial charge in [0.1, 0.15) is 5.75 Å². The molecule has 19 heavy (non-hydrogen) atoms. The van der Waals surface area contributed by atoms with Crippen LogP contribution in [0.2, 0.25) is 0 Å². The molecule has 1 atom stereocenters. The van der Waals surface area contributed by atoms with Gasteiger partial charge >= 0.3 is 0 Å². The van der Waals surface area contributed by atoms with Crippen molar-refractivity contribution >= 4 is 27.3 Å². The summed E-state index contributed by atoms with van der Waals surface area (Å²) in [7, 11) is 0. The maximum absolute atomic E-state index is 6.26. The highest BCUT2D eigenvalue weighted by Gasteiger charge is 2.20. The van der Waals surface area contributed by atoms with Crippen molar-refractivity contribution in [3.8, 4) is 5.75 Å². The lowest BCUT2D eigenvalue weighted by molar-refractivity contribution is 0.352. The van der Waals surface area contributed by atoms with Crippen molar-refractivity contribution in [1.29, 1.82) is 0 Å². The van der Waals surface area contributed by atoms with Crippen LogP contribution < -0.4 is 10.5 Å². The topological polar surface area (TPSA) is 48.1 Å². The van der Waals surface area contributed by atoms with Crippen molar-refractivity contribution in [2.75, 3.05) is 6.61 Å². The van der Waals surface area contributed by atoms with Crippen LogP contribution in [0.25, 0.3) is 0 Å². The highest BCUT2D eigenvalue weighted by Crippen LogP contribution is 2.35. The third-order valence-electron chi connectivity index (χ3n) is 3.28. The Morgan fingerprint density at radius 3 is 3.11 bits per heavy atom. The number of rotatable bonds is 3. The van der Waals surface area contributed by atoms with Gasteiger partial charge in [0.15, 0.2) is 0 Å². The monoisotopic (exact) mass is 338 g/mol. The van der Waals surface area contributed by atoms with Crippen LogP contribution in [0, 0.1) is 6.92 Å². The standard InChI is InChI=1S/C14H15BrN2OS/c1-8-17-13(7-19-8)12(16)6-10-5-11(15)4-9-2-3-18-14(9)10/h4-5,7,12H,2-3,6,16H2,1H3. The molecule has 3 rings (SSSR count). The lowest BCUT2D eigenvalue weighted by Gasteiger charge is -2.13. The van der Waals surface area contributed by atoms with Crippen LogP contribution in [0.4, 0.5) is 0 Å². The Morgan fingerprint density at radius 1 is 1.53 bits per heavy atom. The van der Waals surface area contributed by atoms with Gasteiger partial charge < -0.3 is 10.5 Å². The zero-order valence-electron chi connectivity index (χ0n) is 10.6. The highest BCUT2D eigenvalue weighted by atomic mass is 79.9. The van der Waals surface area contributed by atoms with Gasteiger partial charge in [0.05, 0.1) is 23.4 Å². The molecule has 1 aromatic heterocycles. The number of aryl methyl sites for hydroxylation is 1. The number of hydrogen-bond donors (Lipinski definition) is 1. The molecule has 0 fully saturated rings. The van der Waals surface area contributed by atoms with Crippen LogP contribution in [0.1, 0.15) is 27.9 Å². The molecule has 0 radical (unpaired) electrons. The second-order valence-electron chi connectivity index (χ2n) is 4.75. The molecule has 0 aliphatic carbocycles. The number of benzene rings is 1. The van der Waals surface area contributed by atoms with Crippen LogP contribution in [-0.4, -0.2) is 11.6 Å². The van der Waals surface area contributed by atoms with Crippen LogP contribution in [0.5, 0.6) is 5.75 Å². The summed E-state index contributed by atoms with van der Waals surface area (Å²) in [5.74, 6) is 1.02. The molecule has 0 saturated carbocycles. The van der Waals surface area contributed by atoms with Gasteiger partial charge in [-0.15, -0.1) is 11.3 Å². The van der Waals surface area contributed by atoms with Gasteiger partial charge in [-0.2, -0.15) is 0 Å². The lowest BCUT2D eigenvalue weighted by atomic mass is 10.0. The number of halogens is 1. The molecule has 3 nitrogen and oxygen atoms in total. The van der Waals surface area contributed by atoms with E-state index in [2.05, 4.69) is 33.0 Å². The summed E-state index contributed by atoms with van der Waals surface area (Å²) in [6.07, 6.45) is 1.73. The molecule has 0 amide bonds. The first-order chi connectivity index (χ1) is 9.13. The number of aromatic nitrogens is 1. The van der Waals surface area contributed by atoms with Gasteiger partial charge in [0.25, 0.3) is 0 Å². The SMILES string of the molecule is Cc1nc(C(N)Cc2cc(Br)cc3c2OCC3)cs1. The first-order valence-corrected chi connectivity index (χ1v) is 7.92. The van der Waals surface area contributed by atoms with Gasteiger partial charge in [-0.25, -0.2) is 4.98 Å². The Bertz CT molecular complexity index is 611. The second-order valence-corrected chi connectivity index (χ2v) is 6.73. The van der Waals surface area contributed by atoms with Crippen molar-refractivity contribution in [2.45, 2.75) is 25.8 Å². The van der Waals surface area contributed by atoms with E-state index >= 15 is 0 Å². The number of fused-ring (bicyclic) bond motifs is 1. The van der Waals surface area contributed by atoms with E-state index in [1.54, 1.807) is 11.3 Å². The van der Waals surface area contributed by atoms with Crippen LogP contribution in [0.15, 0.2) is 22.0 Å². The zero-order valence-corrected chi connectivity index (χ0v) is 13.1. The molecule has 5 heteroatoms. The molecule has 2 N–H and O–H groups in total. The van der Waals surface area contributed by atoms with Crippen molar-refractivity contribution in [3.05, 3.63) is 43.8 Å². The normalized spacial score (nSPS) is 15.1. The average molecular weight is 339 g/mol. The Balaban J connectivity index is 1.87. The van der Waals surface area contributed by atoms with Crippen molar-refractivity contribution < 1.29 is 4.74 Å². The van der Waals surface area contributed by atoms with E-state index in [9.17, 15) is 0 Å². The van der Waals surface area contributed by atoms with E-state index in [4.69, 9.17) is 10.5 Å². The fourth-order valence-corrected chi connectivity index (χ4v) is 3.62. The van der Waals surface area contributed by atoms with E-state index in [0.29, 0.717) is 0 Å². The third kappa shape index (κ3) is 2.68. The van der Waals surface area contributed by atoms with E-state index in [1.807, 2.05) is 12.3 Å². The molecule has 2 aromatic rings. The first kappa shape index (κ1) is 13.1. The summed E-state index contributed by atoms with van der Waals surface area (Å²) < 4.78 is 6.82. The van der Waals surface area contributed by atoms with E-state index < -0.39 is 0 Å². The number of hydrogen-bond acceptors (Lipinski definition) is 4. The van der Waals surface area contributed by atoms with Gasteiger partial charge in [0, 0.05) is 16.3 Å². The number of thiazole rings is 1. The molecular formula is C14H15BrN2OS. The fraction of sp³-hybridized carbons (Fsp3) is 0.357. The van der Waals surface area contributed by atoms with Gasteiger partial charge in [-0.3, -0.25) is 0 Å².